The van der Waals surface area contributed by atoms with Crippen molar-refractivity contribution in [2.24, 2.45) is 5.92 Å². The number of carbonyl (C=O) groups excluding carboxylic acids is 1. The Morgan fingerprint density at radius 3 is 3.04 bits per heavy atom. The van der Waals surface area contributed by atoms with Crippen LogP contribution in [0.3, 0.4) is 0 Å². The number of pyridine rings is 1. The number of hydrogen-bond donors (Lipinski definition) is 1. The highest BCUT2D eigenvalue weighted by Gasteiger charge is 2.29. The molecule has 0 bridgehead atoms. The van der Waals surface area contributed by atoms with Gasteiger partial charge < -0.3 is 14.9 Å². The number of thiazole rings is 1. The van der Waals surface area contributed by atoms with Crippen molar-refractivity contribution in [1.82, 2.24) is 19.8 Å². The molecule has 128 valence electrons. The summed E-state index contributed by atoms with van der Waals surface area (Å²) >= 11 is 1.69. The van der Waals surface area contributed by atoms with Crippen molar-refractivity contribution < 1.29 is 9.90 Å². The first-order valence-corrected chi connectivity index (χ1v) is 8.93. The Hall–Kier alpha value is -1.99. The zero-order valence-electron chi connectivity index (χ0n) is 14.0. The largest absolute Gasteiger partial charge is 0.505 e. The van der Waals surface area contributed by atoms with Gasteiger partial charge in [-0.15, -0.1) is 11.3 Å². The maximum absolute atomic E-state index is 12.5. The van der Waals surface area contributed by atoms with E-state index in [0.717, 1.165) is 25.2 Å². The molecule has 0 aliphatic carbocycles. The maximum Gasteiger partial charge on any atom is 0.276 e. The van der Waals surface area contributed by atoms with Crippen LogP contribution in [0.25, 0.3) is 0 Å². The Bertz CT molecular complexity index is 718. The second kappa shape index (κ2) is 7.27. The molecule has 1 unspecified atom stereocenters. The summed E-state index contributed by atoms with van der Waals surface area (Å²) in [6.45, 7) is 5.29. The van der Waals surface area contributed by atoms with Gasteiger partial charge in [-0.3, -0.25) is 4.79 Å². The third-order valence-electron chi connectivity index (χ3n) is 4.39. The molecule has 1 atom stereocenters. The molecule has 1 N–H and O–H groups in total. The molecule has 0 aromatic carbocycles. The van der Waals surface area contributed by atoms with E-state index < -0.39 is 0 Å². The number of amides is 1. The molecule has 3 heterocycles. The van der Waals surface area contributed by atoms with E-state index in [1.807, 2.05) is 12.4 Å². The summed E-state index contributed by atoms with van der Waals surface area (Å²) in [5.74, 6) is 0.207. The molecule has 3 rings (SSSR count). The fraction of sp³-hybridized carbons (Fsp3) is 0.471. The third kappa shape index (κ3) is 3.73. The van der Waals surface area contributed by atoms with Crippen molar-refractivity contribution in [2.75, 3.05) is 26.7 Å². The van der Waals surface area contributed by atoms with Crippen LogP contribution in [0.2, 0.25) is 0 Å². The minimum Gasteiger partial charge on any atom is -0.505 e. The number of aromatic hydroxyl groups is 1. The van der Waals surface area contributed by atoms with Crippen LogP contribution in [0.1, 0.15) is 27.5 Å². The second-order valence-electron chi connectivity index (χ2n) is 6.33. The topological polar surface area (TPSA) is 69.6 Å². The third-order valence-corrected chi connectivity index (χ3v) is 5.31. The highest BCUT2D eigenvalue weighted by molar-refractivity contribution is 7.09. The van der Waals surface area contributed by atoms with Crippen LogP contribution < -0.4 is 0 Å². The minimum absolute atomic E-state index is 0.0521. The van der Waals surface area contributed by atoms with Crippen molar-refractivity contribution >= 4 is 17.2 Å². The van der Waals surface area contributed by atoms with Gasteiger partial charge in [0, 0.05) is 37.3 Å². The van der Waals surface area contributed by atoms with Gasteiger partial charge in [0.05, 0.1) is 11.2 Å². The molecule has 2 aromatic heterocycles. The van der Waals surface area contributed by atoms with Gasteiger partial charge in [0.1, 0.15) is 5.75 Å². The van der Waals surface area contributed by atoms with Crippen LogP contribution in [0.4, 0.5) is 0 Å². The van der Waals surface area contributed by atoms with Crippen LogP contribution in [-0.4, -0.2) is 57.5 Å². The van der Waals surface area contributed by atoms with Crippen molar-refractivity contribution in [1.29, 1.82) is 0 Å². The number of rotatable bonds is 5. The molecule has 24 heavy (non-hydrogen) atoms. The van der Waals surface area contributed by atoms with Crippen LogP contribution in [-0.2, 0) is 6.54 Å². The summed E-state index contributed by atoms with van der Waals surface area (Å²) in [6.07, 6.45) is 2.51. The Labute approximate surface area is 145 Å². The molecule has 6 nitrogen and oxygen atoms in total. The van der Waals surface area contributed by atoms with Crippen LogP contribution in [0.15, 0.2) is 23.8 Å². The van der Waals surface area contributed by atoms with Crippen molar-refractivity contribution in [2.45, 2.75) is 19.9 Å². The monoisotopic (exact) mass is 346 g/mol. The average molecular weight is 346 g/mol. The first kappa shape index (κ1) is 16.9. The van der Waals surface area contributed by atoms with E-state index >= 15 is 0 Å². The Morgan fingerprint density at radius 1 is 1.50 bits per heavy atom. The summed E-state index contributed by atoms with van der Waals surface area (Å²) in [4.78, 5) is 26.2. The number of aryl methyl sites for hydroxylation is 1. The highest BCUT2D eigenvalue weighted by atomic mass is 32.1. The van der Waals surface area contributed by atoms with E-state index in [4.69, 9.17) is 0 Å². The number of likely N-dealkylation sites (tertiary alicyclic amines) is 1. The van der Waals surface area contributed by atoms with E-state index in [1.54, 1.807) is 22.3 Å². The van der Waals surface area contributed by atoms with Gasteiger partial charge >= 0.3 is 0 Å². The molecule has 2 aromatic rings. The summed E-state index contributed by atoms with van der Waals surface area (Å²) in [5.41, 5.74) is 3.13. The van der Waals surface area contributed by atoms with Crippen LogP contribution in [0.5, 0.6) is 5.75 Å². The Morgan fingerprint density at radius 2 is 2.33 bits per heavy atom. The van der Waals surface area contributed by atoms with Gasteiger partial charge in [0.15, 0.2) is 5.69 Å². The molecule has 1 amide bonds. The van der Waals surface area contributed by atoms with E-state index in [-0.39, 0.29) is 17.4 Å². The van der Waals surface area contributed by atoms with E-state index in [0.29, 0.717) is 19.0 Å². The van der Waals surface area contributed by atoms with Crippen molar-refractivity contribution in [3.05, 3.63) is 40.1 Å². The van der Waals surface area contributed by atoms with Crippen molar-refractivity contribution in [3.8, 4) is 5.75 Å². The molecule has 1 saturated heterocycles. The zero-order chi connectivity index (χ0) is 17.1. The maximum atomic E-state index is 12.5. The van der Waals surface area contributed by atoms with Crippen LogP contribution >= 0.6 is 11.3 Å². The Kier molecular flexibility index (Phi) is 5.11. The molecule has 1 aliphatic heterocycles. The smallest absolute Gasteiger partial charge is 0.276 e. The lowest BCUT2D eigenvalue weighted by molar-refractivity contribution is 0.0775. The minimum atomic E-state index is -0.184. The lowest BCUT2D eigenvalue weighted by Crippen LogP contribution is -2.32. The lowest BCUT2D eigenvalue weighted by atomic mass is 10.1. The first-order chi connectivity index (χ1) is 11.5. The van der Waals surface area contributed by atoms with Gasteiger partial charge in [0.2, 0.25) is 0 Å². The normalized spacial score (nSPS) is 17.6. The number of carbonyl (C=O) groups is 1. The highest BCUT2D eigenvalue weighted by Crippen LogP contribution is 2.23. The number of hydrogen-bond acceptors (Lipinski definition) is 6. The molecule has 0 saturated carbocycles. The van der Waals surface area contributed by atoms with Gasteiger partial charge in [-0.05, 0) is 38.4 Å². The lowest BCUT2D eigenvalue weighted by Gasteiger charge is -2.21. The summed E-state index contributed by atoms with van der Waals surface area (Å²) in [6, 6.07) is 3.12. The van der Waals surface area contributed by atoms with E-state index in [1.165, 1.54) is 17.1 Å². The average Bonchev–Trinajstić information content (AvgIpc) is 3.17. The van der Waals surface area contributed by atoms with Gasteiger partial charge in [0.25, 0.3) is 5.91 Å². The number of aromatic nitrogens is 2. The molecule has 1 aliphatic rings. The Balaban J connectivity index is 1.54. The standard InChI is InChI=1S/C17H22N4O2S/c1-12-15(24-11-19-12)10-20(2)8-13-5-7-21(9-13)17(23)16-14(22)4-3-6-18-16/h3-4,6,11,13,22H,5,7-10H2,1-2H3. The first-order valence-electron chi connectivity index (χ1n) is 8.05. The van der Waals surface area contributed by atoms with E-state index in [9.17, 15) is 9.90 Å². The van der Waals surface area contributed by atoms with Gasteiger partial charge in [-0.25, -0.2) is 9.97 Å². The summed E-state index contributed by atoms with van der Waals surface area (Å²) in [5, 5.41) is 9.80. The molecule has 7 heteroatoms. The number of nitrogens with zero attached hydrogens (tertiary/aromatic N) is 4. The summed E-state index contributed by atoms with van der Waals surface area (Å²) in [7, 11) is 2.11. The van der Waals surface area contributed by atoms with Gasteiger partial charge in [-0.1, -0.05) is 0 Å². The van der Waals surface area contributed by atoms with E-state index in [2.05, 4.69) is 21.9 Å². The predicted octanol–water partition coefficient (Wildman–Crippen LogP) is 2.15. The molecule has 0 radical (unpaired) electrons. The summed E-state index contributed by atoms with van der Waals surface area (Å²) < 4.78 is 0. The quantitative estimate of drug-likeness (QED) is 0.898. The fourth-order valence-electron chi connectivity index (χ4n) is 3.11. The van der Waals surface area contributed by atoms with Crippen LogP contribution in [0, 0.1) is 12.8 Å². The second-order valence-corrected chi connectivity index (χ2v) is 7.27. The predicted molar refractivity (Wildman–Crippen MR) is 93.1 cm³/mol. The molecule has 0 spiro atoms. The molecular weight excluding hydrogens is 324 g/mol. The molecule has 1 fully saturated rings. The van der Waals surface area contributed by atoms with Crippen molar-refractivity contribution in [3.63, 3.8) is 0 Å². The fourth-order valence-corrected chi connectivity index (χ4v) is 3.96. The molecular formula is C17H22N4O2S. The van der Waals surface area contributed by atoms with Gasteiger partial charge in [-0.2, -0.15) is 0 Å². The zero-order valence-corrected chi connectivity index (χ0v) is 14.8. The SMILES string of the molecule is Cc1ncsc1CN(C)CC1CCN(C(=O)c2ncccc2O)C1.